The number of fused-ring (bicyclic) bond motifs is 1. The summed E-state index contributed by atoms with van der Waals surface area (Å²) in [5, 5.41) is 6.27. The van der Waals surface area contributed by atoms with Crippen LogP contribution in [0.3, 0.4) is 0 Å². The molecule has 0 radical (unpaired) electrons. The SMILES string of the molecule is COc1ccc2c(c1)C(=O)N[C@H](CC(C)C)N2. The summed E-state index contributed by atoms with van der Waals surface area (Å²) >= 11 is 0. The first-order chi connectivity index (χ1) is 8.10. The summed E-state index contributed by atoms with van der Waals surface area (Å²) in [7, 11) is 1.59. The Bertz CT molecular complexity index is 429. The van der Waals surface area contributed by atoms with Crippen molar-refractivity contribution < 1.29 is 9.53 Å². The Morgan fingerprint density at radius 2 is 2.12 bits per heavy atom. The van der Waals surface area contributed by atoms with E-state index < -0.39 is 0 Å². The second kappa shape index (κ2) is 4.65. The number of benzene rings is 1. The number of carbonyl (C=O) groups excluding carboxylic acids is 1. The highest BCUT2D eigenvalue weighted by atomic mass is 16.5. The molecule has 1 amide bonds. The molecule has 92 valence electrons. The summed E-state index contributed by atoms with van der Waals surface area (Å²) < 4.78 is 5.11. The van der Waals surface area contributed by atoms with Gasteiger partial charge in [-0.3, -0.25) is 4.79 Å². The van der Waals surface area contributed by atoms with Crippen LogP contribution in [0.5, 0.6) is 5.75 Å². The van der Waals surface area contributed by atoms with Crippen LogP contribution in [0.25, 0.3) is 0 Å². The molecule has 2 N–H and O–H groups in total. The third-order valence-corrected chi connectivity index (χ3v) is 2.81. The van der Waals surface area contributed by atoms with E-state index in [1.165, 1.54) is 0 Å². The predicted octanol–water partition coefficient (Wildman–Crippen LogP) is 2.22. The Kier molecular flexibility index (Phi) is 3.22. The van der Waals surface area contributed by atoms with Gasteiger partial charge in [0.05, 0.1) is 18.8 Å². The van der Waals surface area contributed by atoms with Crippen molar-refractivity contribution in [1.82, 2.24) is 5.32 Å². The monoisotopic (exact) mass is 234 g/mol. The van der Waals surface area contributed by atoms with Gasteiger partial charge in [0.25, 0.3) is 5.91 Å². The van der Waals surface area contributed by atoms with Crippen molar-refractivity contribution in [2.75, 3.05) is 12.4 Å². The van der Waals surface area contributed by atoms with Crippen LogP contribution in [-0.4, -0.2) is 19.2 Å². The van der Waals surface area contributed by atoms with Gasteiger partial charge in [0.15, 0.2) is 0 Å². The number of methoxy groups -OCH3 is 1. The van der Waals surface area contributed by atoms with Crippen LogP contribution in [0, 0.1) is 5.92 Å². The maximum absolute atomic E-state index is 11.9. The van der Waals surface area contributed by atoms with Gasteiger partial charge in [0, 0.05) is 5.69 Å². The minimum absolute atomic E-state index is 0.0170. The molecule has 0 unspecified atom stereocenters. The molecule has 0 spiro atoms. The summed E-state index contributed by atoms with van der Waals surface area (Å²) in [6, 6.07) is 5.50. The fourth-order valence-electron chi connectivity index (χ4n) is 2.01. The lowest BCUT2D eigenvalue weighted by Gasteiger charge is -2.29. The summed E-state index contributed by atoms with van der Waals surface area (Å²) in [5.74, 6) is 1.19. The molecule has 0 aromatic heterocycles. The molecule has 1 atom stereocenters. The first kappa shape index (κ1) is 11.8. The Hall–Kier alpha value is -1.71. The Labute approximate surface area is 101 Å². The van der Waals surface area contributed by atoms with E-state index in [1.807, 2.05) is 12.1 Å². The highest BCUT2D eigenvalue weighted by Crippen LogP contribution is 2.26. The number of anilines is 1. The lowest BCUT2D eigenvalue weighted by atomic mass is 10.0. The van der Waals surface area contributed by atoms with Crippen LogP contribution in [0.2, 0.25) is 0 Å². The molecule has 4 heteroatoms. The summed E-state index contributed by atoms with van der Waals surface area (Å²) in [6.07, 6.45) is 0.931. The number of hydrogen-bond acceptors (Lipinski definition) is 3. The van der Waals surface area contributed by atoms with Crippen molar-refractivity contribution in [2.24, 2.45) is 5.92 Å². The van der Waals surface area contributed by atoms with Gasteiger partial charge in [-0.05, 0) is 30.5 Å². The third-order valence-electron chi connectivity index (χ3n) is 2.81. The van der Waals surface area contributed by atoms with Crippen LogP contribution in [0.4, 0.5) is 5.69 Å². The molecular weight excluding hydrogens is 216 g/mol. The summed E-state index contributed by atoms with van der Waals surface area (Å²) in [5.41, 5.74) is 1.52. The largest absolute Gasteiger partial charge is 0.497 e. The van der Waals surface area contributed by atoms with E-state index in [2.05, 4.69) is 24.5 Å². The molecule has 1 aliphatic rings. The van der Waals surface area contributed by atoms with Crippen molar-refractivity contribution in [3.63, 3.8) is 0 Å². The smallest absolute Gasteiger partial charge is 0.255 e. The van der Waals surface area contributed by atoms with Gasteiger partial charge in [-0.1, -0.05) is 13.8 Å². The number of ether oxygens (including phenoxy) is 1. The lowest BCUT2D eigenvalue weighted by molar-refractivity contribution is 0.0931. The minimum atomic E-state index is -0.0386. The van der Waals surface area contributed by atoms with Crippen LogP contribution < -0.4 is 15.4 Å². The molecule has 17 heavy (non-hydrogen) atoms. The maximum Gasteiger partial charge on any atom is 0.255 e. The van der Waals surface area contributed by atoms with E-state index in [1.54, 1.807) is 13.2 Å². The van der Waals surface area contributed by atoms with Crippen molar-refractivity contribution in [3.05, 3.63) is 23.8 Å². The number of rotatable bonds is 3. The number of hydrogen-bond donors (Lipinski definition) is 2. The Morgan fingerprint density at radius 3 is 2.76 bits per heavy atom. The quantitative estimate of drug-likeness (QED) is 0.843. The van der Waals surface area contributed by atoms with Crippen LogP contribution >= 0.6 is 0 Å². The van der Waals surface area contributed by atoms with E-state index in [0.29, 0.717) is 17.2 Å². The number of nitrogens with one attached hydrogen (secondary N) is 2. The number of carbonyl (C=O) groups is 1. The van der Waals surface area contributed by atoms with Gasteiger partial charge in [0.2, 0.25) is 0 Å². The van der Waals surface area contributed by atoms with Gasteiger partial charge in [-0.2, -0.15) is 0 Å². The van der Waals surface area contributed by atoms with E-state index in [0.717, 1.165) is 12.1 Å². The Balaban J connectivity index is 2.23. The average Bonchev–Trinajstić information content (AvgIpc) is 2.28. The van der Waals surface area contributed by atoms with Gasteiger partial charge < -0.3 is 15.4 Å². The third kappa shape index (κ3) is 2.52. The van der Waals surface area contributed by atoms with Crippen LogP contribution in [0.15, 0.2) is 18.2 Å². The van der Waals surface area contributed by atoms with Gasteiger partial charge in [-0.15, -0.1) is 0 Å². The van der Waals surface area contributed by atoms with Crippen molar-refractivity contribution in [3.8, 4) is 5.75 Å². The highest BCUT2D eigenvalue weighted by molar-refractivity contribution is 6.02. The van der Waals surface area contributed by atoms with Gasteiger partial charge >= 0.3 is 0 Å². The fraction of sp³-hybridized carbons (Fsp3) is 0.462. The molecule has 1 heterocycles. The average molecular weight is 234 g/mol. The zero-order valence-electron chi connectivity index (χ0n) is 10.4. The van der Waals surface area contributed by atoms with Gasteiger partial charge in [-0.25, -0.2) is 0 Å². The molecule has 2 rings (SSSR count). The molecule has 0 bridgehead atoms. The predicted molar refractivity (Wildman–Crippen MR) is 67.3 cm³/mol. The second-order valence-electron chi connectivity index (χ2n) is 4.71. The van der Waals surface area contributed by atoms with Crippen LogP contribution in [-0.2, 0) is 0 Å². The molecule has 1 aliphatic heterocycles. The normalized spacial score (nSPS) is 18.4. The molecule has 1 aromatic rings. The molecule has 0 fully saturated rings. The summed E-state index contributed by atoms with van der Waals surface area (Å²) in [6.45, 7) is 4.27. The standard InChI is InChI=1S/C13H18N2O2/c1-8(2)6-12-14-11-5-4-9(17-3)7-10(11)13(16)15-12/h4-5,7-8,12,14H,6H2,1-3H3,(H,15,16)/t12-/m1/s1. The zero-order valence-corrected chi connectivity index (χ0v) is 10.4. The van der Waals surface area contributed by atoms with E-state index >= 15 is 0 Å². The highest BCUT2D eigenvalue weighted by Gasteiger charge is 2.24. The molecule has 0 saturated carbocycles. The molecular formula is C13H18N2O2. The van der Waals surface area contributed by atoms with E-state index in [4.69, 9.17) is 4.74 Å². The molecule has 1 aromatic carbocycles. The van der Waals surface area contributed by atoms with E-state index in [-0.39, 0.29) is 12.1 Å². The van der Waals surface area contributed by atoms with E-state index in [9.17, 15) is 4.79 Å². The fourth-order valence-corrected chi connectivity index (χ4v) is 2.01. The molecule has 0 aliphatic carbocycles. The molecule has 4 nitrogen and oxygen atoms in total. The van der Waals surface area contributed by atoms with Crippen LogP contribution in [0.1, 0.15) is 30.6 Å². The Morgan fingerprint density at radius 1 is 1.35 bits per heavy atom. The van der Waals surface area contributed by atoms with Crippen molar-refractivity contribution in [1.29, 1.82) is 0 Å². The maximum atomic E-state index is 11.9. The number of amides is 1. The van der Waals surface area contributed by atoms with Crippen molar-refractivity contribution >= 4 is 11.6 Å². The topological polar surface area (TPSA) is 50.4 Å². The minimum Gasteiger partial charge on any atom is -0.497 e. The summed E-state index contributed by atoms with van der Waals surface area (Å²) in [4.78, 5) is 11.9. The lowest BCUT2D eigenvalue weighted by Crippen LogP contribution is -2.45. The zero-order chi connectivity index (χ0) is 12.4. The molecule has 0 saturated heterocycles. The van der Waals surface area contributed by atoms with Gasteiger partial charge in [0.1, 0.15) is 5.75 Å². The first-order valence-corrected chi connectivity index (χ1v) is 5.85. The second-order valence-corrected chi connectivity index (χ2v) is 4.71. The van der Waals surface area contributed by atoms with Crippen molar-refractivity contribution in [2.45, 2.75) is 26.4 Å². The first-order valence-electron chi connectivity index (χ1n) is 5.85.